The molecule has 1 atom stereocenters. The van der Waals surface area contributed by atoms with Gasteiger partial charge in [-0.25, -0.2) is 0 Å². The van der Waals surface area contributed by atoms with Crippen LogP contribution in [0.4, 0.5) is 0 Å². The second-order valence-electron chi connectivity index (χ2n) is 18.4. The third-order valence-electron chi connectivity index (χ3n) is 13.1. The lowest BCUT2D eigenvalue weighted by molar-refractivity contribution is -0.0673. The Labute approximate surface area is 371 Å². The number of rotatable bonds is 13. The zero-order chi connectivity index (χ0) is 43.6. The van der Waals surface area contributed by atoms with E-state index in [0.717, 1.165) is 28.2 Å². The molecule has 0 radical (unpaired) electrons. The number of hydrogen-bond donors (Lipinski definition) is 0. The van der Waals surface area contributed by atoms with Gasteiger partial charge in [0.05, 0.1) is 31.8 Å². The van der Waals surface area contributed by atoms with Crippen LogP contribution in [0.5, 0.6) is 11.5 Å². The first-order chi connectivity index (χ1) is 29.7. The van der Waals surface area contributed by atoms with Gasteiger partial charge in [0.1, 0.15) is 11.5 Å². The van der Waals surface area contributed by atoms with E-state index in [4.69, 9.17) is 27.1 Å². The number of benzene rings is 6. The summed E-state index contributed by atoms with van der Waals surface area (Å²) in [7, 11) is -3.37. The van der Waals surface area contributed by atoms with Gasteiger partial charge in [0, 0.05) is 32.8 Å². The smallest absolute Gasteiger partial charge is 0.397 e. The third kappa shape index (κ3) is 8.80. The highest BCUT2D eigenvalue weighted by molar-refractivity contribution is 7.42. The largest absolute Gasteiger partial charge is 0.426 e. The van der Waals surface area contributed by atoms with Crippen LogP contribution in [-0.2, 0) is 39.8 Å². The quantitative estimate of drug-likeness (QED) is 0.0851. The van der Waals surface area contributed by atoms with E-state index < -0.39 is 33.4 Å². The van der Waals surface area contributed by atoms with E-state index in [9.17, 15) is 0 Å². The van der Waals surface area contributed by atoms with Crippen LogP contribution in [0, 0.1) is 5.41 Å². The minimum absolute atomic E-state index is 0.223. The molecule has 6 aromatic rings. The zero-order valence-electron chi connectivity index (χ0n) is 37.0. The second kappa shape index (κ2) is 17.9. The molecule has 6 nitrogen and oxygen atoms in total. The van der Waals surface area contributed by atoms with Gasteiger partial charge < -0.3 is 27.1 Å². The molecular weight excluding hydrogens is 807 g/mol. The summed E-state index contributed by atoms with van der Waals surface area (Å²) in [6.07, 6.45) is 2.02. The van der Waals surface area contributed by atoms with Crippen molar-refractivity contribution >= 4 is 17.2 Å². The van der Waals surface area contributed by atoms with Crippen LogP contribution in [0.3, 0.4) is 0 Å². The van der Waals surface area contributed by atoms with Crippen molar-refractivity contribution in [1.29, 1.82) is 0 Å². The molecule has 2 heterocycles. The summed E-state index contributed by atoms with van der Waals surface area (Å²) >= 11 is 0. The molecule has 8 rings (SSSR count). The molecule has 0 amide bonds. The van der Waals surface area contributed by atoms with Gasteiger partial charge in [-0.15, -0.1) is 6.58 Å². The highest BCUT2D eigenvalue weighted by Gasteiger charge is 2.46. The van der Waals surface area contributed by atoms with Crippen molar-refractivity contribution in [2.45, 2.75) is 70.1 Å². The first kappa shape index (κ1) is 44.0. The van der Waals surface area contributed by atoms with E-state index in [0.29, 0.717) is 26.4 Å². The molecule has 0 saturated carbocycles. The Morgan fingerprint density at radius 3 is 1.16 bits per heavy atom. The minimum Gasteiger partial charge on any atom is -0.426 e. The van der Waals surface area contributed by atoms with Gasteiger partial charge >= 0.3 is 17.2 Å². The van der Waals surface area contributed by atoms with Crippen molar-refractivity contribution in [3.63, 3.8) is 0 Å². The Kier molecular flexibility index (Phi) is 12.7. The van der Waals surface area contributed by atoms with Crippen LogP contribution in [0.2, 0.25) is 0 Å². The first-order valence-electron chi connectivity index (χ1n) is 21.4. The molecule has 0 aliphatic carbocycles. The Morgan fingerprint density at radius 1 is 0.435 bits per heavy atom. The molecule has 2 fully saturated rings. The molecule has 0 aromatic heterocycles. The van der Waals surface area contributed by atoms with E-state index in [-0.39, 0.29) is 10.8 Å². The molecule has 2 aliphatic rings. The molecule has 62 heavy (non-hydrogen) atoms. The summed E-state index contributed by atoms with van der Waals surface area (Å²) in [5.41, 5.74) is 7.36. The predicted octanol–water partition coefficient (Wildman–Crippen LogP) is 14.1. The van der Waals surface area contributed by atoms with E-state index in [1.165, 1.54) is 27.8 Å². The van der Waals surface area contributed by atoms with Crippen molar-refractivity contribution < 1.29 is 27.1 Å². The highest BCUT2D eigenvalue weighted by atomic mass is 31.2. The lowest BCUT2D eigenvalue weighted by atomic mass is 9.72. The van der Waals surface area contributed by atoms with Gasteiger partial charge in [-0.2, -0.15) is 0 Å². The molecule has 0 bridgehead atoms. The third-order valence-corrected chi connectivity index (χ3v) is 15.2. The average molecular weight is 865 g/mol. The normalized spacial score (nSPS) is 20.6. The summed E-state index contributed by atoms with van der Waals surface area (Å²) in [5, 5.41) is 0. The molecular formula is C54H58O6P2. The molecule has 1 spiro atoms. The topological polar surface area (TPSA) is 55.4 Å². The van der Waals surface area contributed by atoms with Crippen molar-refractivity contribution in [3.05, 3.63) is 215 Å². The van der Waals surface area contributed by atoms with Gasteiger partial charge in [0.25, 0.3) is 0 Å². The first-order valence-corrected chi connectivity index (χ1v) is 23.6. The van der Waals surface area contributed by atoms with Crippen molar-refractivity contribution in [2.24, 2.45) is 5.41 Å². The molecule has 320 valence electrons. The number of hydrogen-bond acceptors (Lipinski definition) is 6. The molecule has 2 saturated heterocycles. The maximum atomic E-state index is 6.67. The molecule has 6 aromatic carbocycles. The fourth-order valence-electron chi connectivity index (χ4n) is 8.49. The fraction of sp³-hybridized carbons (Fsp3) is 0.296. The Hall–Kier alpha value is -4.64. The van der Waals surface area contributed by atoms with Gasteiger partial charge in [-0.1, -0.05) is 187 Å². The molecule has 0 N–H and O–H groups in total. The van der Waals surface area contributed by atoms with Gasteiger partial charge in [-0.3, -0.25) is 0 Å². The second-order valence-corrected chi connectivity index (χ2v) is 20.7. The minimum atomic E-state index is -1.69. The maximum absolute atomic E-state index is 6.67. The zero-order valence-corrected chi connectivity index (χ0v) is 38.8. The van der Waals surface area contributed by atoms with E-state index >= 15 is 0 Å². The summed E-state index contributed by atoms with van der Waals surface area (Å²) in [5.74, 6) is 1.48. The Morgan fingerprint density at radius 2 is 0.774 bits per heavy atom. The molecule has 2 aliphatic heterocycles. The van der Waals surface area contributed by atoms with Gasteiger partial charge in [0.2, 0.25) is 0 Å². The van der Waals surface area contributed by atoms with Crippen LogP contribution < -0.4 is 9.05 Å². The lowest BCUT2D eigenvalue weighted by Crippen LogP contribution is -2.45. The monoisotopic (exact) mass is 864 g/mol. The predicted molar refractivity (Wildman–Crippen MR) is 253 cm³/mol. The highest BCUT2D eigenvalue weighted by Crippen LogP contribution is 2.55. The fourth-order valence-corrected chi connectivity index (χ4v) is 11.0. The average Bonchev–Trinajstić information content (AvgIpc) is 3.31. The molecule has 1 unspecified atom stereocenters. The molecule has 8 heteroatoms. The maximum Gasteiger partial charge on any atom is 0.397 e. The van der Waals surface area contributed by atoms with Gasteiger partial charge in [0.15, 0.2) is 0 Å². The summed E-state index contributed by atoms with van der Waals surface area (Å²) in [4.78, 5) is 0. The van der Waals surface area contributed by atoms with E-state index in [1.54, 1.807) is 0 Å². The van der Waals surface area contributed by atoms with Crippen LogP contribution in [-0.4, -0.2) is 26.4 Å². The summed E-state index contributed by atoms with van der Waals surface area (Å²) in [6.45, 7) is 21.5. The Balaban J connectivity index is 0.978. The van der Waals surface area contributed by atoms with Crippen molar-refractivity contribution in [3.8, 4) is 11.5 Å². The standard InChI is InChI=1S/C54H58O6P2/c1-9-53(8,43-28-20-13-21-29-43)45-31-33-49(47(35-45)52(6,7)42-26-18-12-19-27-42)60-62-57-38-54(39-58-62)36-55-61(56-37-54)59-48-32-30-44(50(2,3)40-22-14-10-15-23-40)34-46(48)51(4,5)41-24-16-11-17-25-41/h9-35H,1,36-39H2,2-8H3. The van der Waals surface area contributed by atoms with Crippen molar-refractivity contribution in [2.75, 3.05) is 26.4 Å². The SMILES string of the molecule is C=CC(C)(c1ccccc1)c1ccc(OP2OCC3(COP(Oc4ccc(C(C)(C)c5ccccc5)cc4C(C)(C)c4ccccc4)OC3)CO2)c(C(C)(C)c2ccccc2)c1. The van der Waals surface area contributed by atoms with Crippen LogP contribution in [0.25, 0.3) is 0 Å². The van der Waals surface area contributed by atoms with Gasteiger partial charge in [-0.05, 0) is 58.5 Å². The van der Waals surface area contributed by atoms with Crippen LogP contribution >= 0.6 is 17.2 Å². The van der Waals surface area contributed by atoms with Crippen molar-refractivity contribution in [1.82, 2.24) is 0 Å². The van der Waals surface area contributed by atoms with Crippen LogP contribution in [0.1, 0.15) is 93.0 Å². The summed E-state index contributed by atoms with van der Waals surface area (Å²) in [6, 6.07) is 55.2. The number of allylic oxidation sites excluding steroid dienone is 1. The van der Waals surface area contributed by atoms with Crippen LogP contribution in [0.15, 0.2) is 170 Å². The lowest BCUT2D eigenvalue weighted by Gasteiger charge is -2.41. The van der Waals surface area contributed by atoms with E-state index in [1.807, 2.05) is 18.2 Å². The Bertz CT molecular complexity index is 2440. The summed E-state index contributed by atoms with van der Waals surface area (Å²) < 4.78 is 38.9. The van der Waals surface area contributed by atoms with E-state index in [2.05, 4.69) is 201 Å².